The van der Waals surface area contributed by atoms with Gasteiger partial charge in [0.1, 0.15) is 5.69 Å². The highest BCUT2D eigenvalue weighted by molar-refractivity contribution is 6.17. The van der Waals surface area contributed by atoms with Crippen LogP contribution >= 0.6 is 11.6 Å². The van der Waals surface area contributed by atoms with Crippen molar-refractivity contribution < 1.29 is 4.79 Å². The van der Waals surface area contributed by atoms with E-state index < -0.39 is 0 Å². The average Bonchev–Trinajstić information content (AvgIpc) is 2.51. The minimum Gasteiger partial charge on any atom is -0.348 e. The molecule has 5 heteroatoms. The second-order valence-electron chi connectivity index (χ2n) is 3.24. The van der Waals surface area contributed by atoms with E-state index in [0.717, 1.165) is 6.42 Å². The molecule has 0 saturated heterocycles. The summed E-state index contributed by atoms with van der Waals surface area (Å²) in [6.07, 6.45) is 3.91. The summed E-state index contributed by atoms with van der Waals surface area (Å²) in [5.41, 5.74) is 0.562. The number of rotatable bonds is 4. The van der Waals surface area contributed by atoms with Crippen molar-refractivity contribution in [3.63, 3.8) is 0 Å². The van der Waals surface area contributed by atoms with E-state index in [4.69, 9.17) is 11.6 Å². The van der Waals surface area contributed by atoms with Crippen molar-refractivity contribution in [3.05, 3.63) is 18.2 Å². The van der Waals surface area contributed by atoms with Gasteiger partial charge in [0, 0.05) is 19.0 Å². The molecule has 1 rings (SSSR count). The molecule has 0 aliphatic carbocycles. The smallest absolute Gasteiger partial charge is 0.269 e. The SMILES string of the molecule is CC(CCCl)NC(=O)c1cncn1C. The summed E-state index contributed by atoms with van der Waals surface area (Å²) in [4.78, 5) is 15.5. The number of carbonyl (C=O) groups excluding carboxylic acids is 1. The van der Waals surface area contributed by atoms with E-state index in [1.807, 2.05) is 6.92 Å². The molecule has 0 saturated carbocycles. The summed E-state index contributed by atoms with van der Waals surface area (Å²) in [6.45, 7) is 1.93. The zero-order chi connectivity index (χ0) is 10.6. The summed E-state index contributed by atoms with van der Waals surface area (Å²) in [6, 6.07) is 0.0925. The van der Waals surface area contributed by atoms with Crippen LogP contribution in [-0.4, -0.2) is 27.4 Å². The summed E-state index contributed by atoms with van der Waals surface area (Å²) in [5.74, 6) is 0.440. The Kier molecular flexibility index (Phi) is 3.95. The quantitative estimate of drug-likeness (QED) is 0.767. The van der Waals surface area contributed by atoms with Crippen LogP contribution in [0.5, 0.6) is 0 Å². The third kappa shape index (κ3) is 2.73. The van der Waals surface area contributed by atoms with Gasteiger partial charge < -0.3 is 9.88 Å². The van der Waals surface area contributed by atoms with Crippen LogP contribution in [0.3, 0.4) is 0 Å². The number of halogens is 1. The highest BCUT2D eigenvalue weighted by atomic mass is 35.5. The second kappa shape index (κ2) is 5.00. The van der Waals surface area contributed by atoms with Crippen LogP contribution in [0.25, 0.3) is 0 Å². The molecule has 0 radical (unpaired) electrons. The topological polar surface area (TPSA) is 46.9 Å². The van der Waals surface area contributed by atoms with Gasteiger partial charge in [-0.15, -0.1) is 11.6 Å². The maximum absolute atomic E-state index is 11.6. The van der Waals surface area contributed by atoms with Crippen LogP contribution in [0.15, 0.2) is 12.5 Å². The molecule has 4 nitrogen and oxygen atoms in total. The Balaban J connectivity index is 2.55. The molecule has 0 spiro atoms. The fourth-order valence-corrected chi connectivity index (χ4v) is 1.44. The Morgan fingerprint density at radius 3 is 3.00 bits per heavy atom. The highest BCUT2D eigenvalue weighted by Crippen LogP contribution is 1.99. The molecule has 0 aliphatic rings. The molecule has 1 atom stereocenters. The molecule has 0 fully saturated rings. The Morgan fingerprint density at radius 2 is 2.50 bits per heavy atom. The van der Waals surface area contributed by atoms with Gasteiger partial charge in [0.15, 0.2) is 0 Å². The van der Waals surface area contributed by atoms with Gasteiger partial charge in [-0.2, -0.15) is 0 Å². The van der Waals surface area contributed by atoms with E-state index >= 15 is 0 Å². The van der Waals surface area contributed by atoms with Crippen molar-refractivity contribution >= 4 is 17.5 Å². The van der Waals surface area contributed by atoms with Gasteiger partial charge in [-0.3, -0.25) is 4.79 Å². The van der Waals surface area contributed by atoms with Crippen LogP contribution < -0.4 is 5.32 Å². The first-order valence-electron chi connectivity index (χ1n) is 4.48. The lowest BCUT2D eigenvalue weighted by Crippen LogP contribution is -2.33. The first kappa shape index (κ1) is 11.0. The predicted octanol–water partition coefficient (Wildman–Crippen LogP) is 1.17. The number of amides is 1. The predicted molar refractivity (Wildman–Crippen MR) is 55.5 cm³/mol. The average molecular weight is 216 g/mol. The van der Waals surface area contributed by atoms with Gasteiger partial charge in [-0.25, -0.2) is 4.98 Å². The standard InChI is InChI=1S/C9H14ClN3O/c1-7(3-4-10)12-9(14)8-5-11-6-13(8)2/h5-7H,3-4H2,1-2H3,(H,12,14). The van der Waals surface area contributed by atoms with Crippen LogP contribution in [0.4, 0.5) is 0 Å². The third-order valence-electron chi connectivity index (χ3n) is 1.97. The van der Waals surface area contributed by atoms with Crippen molar-refractivity contribution in [2.75, 3.05) is 5.88 Å². The largest absolute Gasteiger partial charge is 0.348 e. The number of alkyl halides is 1. The maximum Gasteiger partial charge on any atom is 0.269 e. The summed E-state index contributed by atoms with van der Waals surface area (Å²) in [5, 5.41) is 2.84. The first-order valence-corrected chi connectivity index (χ1v) is 5.01. The zero-order valence-electron chi connectivity index (χ0n) is 8.33. The lowest BCUT2D eigenvalue weighted by Gasteiger charge is -2.11. The molecular weight excluding hydrogens is 202 g/mol. The van der Waals surface area contributed by atoms with E-state index in [0.29, 0.717) is 11.6 Å². The van der Waals surface area contributed by atoms with E-state index in [2.05, 4.69) is 10.3 Å². The van der Waals surface area contributed by atoms with Crippen LogP contribution in [0.2, 0.25) is 0 Å². The Labute approximate surface area is 88.3 Å². The minimum absolute atomic E-state index is 0.0925. The fraction of sp³-hybridized carbons (Fsp3) is 0.556. The molecule has 0 aromatic carbocycles. The monoisotopic (exact) mass is 215 g/mol. The third-order valence-corrected chi connectivity index (χ3v) is 2.19. The molecule has 0 aliphatic heterocycles. The normalized spacial score (nSPS) is 12.5. The minimum atomic E-state index is -0.109. The molecular formula is C9H14ClN3O. The van der Waals surface area contributed by atoms with Gasteiger partial charge in [0.05, 0.1) is 12.5 Å². The number of hydrogen-bond acceptors (Lipinski definition) is 2. The number of hydrogen-bond donors (Lipinski definition) is 1. The molecule has 1 heterocycles. The Hall–Kier alpha value is -1.03. The number of aromatic nitrogens is 2. The first-order chi connectivity index (χ1) is 6.65. The van der Waals surface area contributed by atoms with Gasteiger partial charge >= 0.3 is 0 Å². The summed E-state index contributed by atoms with van der Waals surface area (Å²) in [7, 11) is 1.79. The lowest BCUT2D eigenvalue weighted by molar-refractivity contribution is 0.0931. The molecule has 78 valence electrons. The number of imidazole rings is 1. The van der Waals surface area contributed by atoms with Crippen molar-refractivity contribution in [3.8, 4) is 0 Å². The van der Waals surface area contributed by atoms with Crippen molar-refractivity contribution in [2.45, 2.75) is 19.4 Å². The van der Waals surface area contributed by atoms with Crippen LogP contribution in [0.1, 0.15) is 23.8 Å². The van der Waals surface area contributed by atoms with Gasteiger partial charge in [-0.05, 0) is 13.3 Å². The van der Waals surface area contributed by atoms with Gasteiger partial charge in [-0.1, -0.05) is 0 Å². The highest BCUT2D eigenvalue weighted by Gasteiger charge is 2.11. The molecule has 0 bridgehead atoms. The van der Waals surface area contributed by atoms with Crippen molar-refractivity contribution in [1.29, 1.82) is 0 Å². The molecule has 1 amide bonds. The van der Waals surface area contributed by atoms with E-state index in [1.54, 1.807) is 24.1 Å². The lowest BCUT2D eigenvalue weighted by atomic mass is 10.2. The fourth-order valence-electron chi connectivity index (χ4n) is 1.11. The Bertz CT molecular complexity index is 311. The van der Waals surface area contributed by atoms with Gasteiger partial charge in [0.25, 0.3) is 5.91 Å². The number of carbonyl (C=O) groups is 1. The Morgan fingerprint density at radius 1 is 1.79 bits per heavy atom. The number of aryl methyl sites for hydroxylation is 1. The van der Waals surface area contributed by atoms with Crippen LogP contribution in [-0.2, 0) is 7.05 Å². The second-order valence-corrected chi connectivity index (χ2v) is 3.62. The van der Waals surface area contributed by atoms with Crippen molar-refractivity contribution in [1.82, 2.24) is 14.9 Å². The number of nitrogens with zero attached hydrogens (tertiary/aromatic N) is 2. The van der Waals surface area contributed by atoms with E-state index in [1.165, 1.54) is 0 Å². The summed E-state index contributed by atoms with van der Waals surface area (Å²) >= 11 is 5.57. The molecule has 14 heavy (non-hydrogen) atoms. The molecule has 1 unspecified atom stereocenters. The molecule has 1 N–H and O–H groups in total. The van der Waals surface area contributed by atoms with Crippen molar-refractivity contribution in [2.24, 2.45) is 7.05 Å². The summed E-state index contributed by atoms with van der Waals surface area (Å²) < 4.78 is 1.68. The molecule has 1 aromatic rings. The van der Waals surface area contributed by atoms with Gasteiger partial charge in [0.2, 0.25) is 0 Å². The van der Waals surface area contributed by atoms with E-state index in [9.17, 15) is 4.79 Å². The maximum atomic E-state index is 11.6. The molecule has 1 aromatic heterocycles. The zero-order valence-corrected chi connectivity index (χ0v) is 9.08. The number of nitrogens with one attached hydrogen (secondary N) is 1. The van der Waals surface area contributed by atoms with Crippen LogP contribution in [0, 0.1) is 0 Å². The van der Waals surface area contributed by atoms with E-state index in [-0.39, 0.29) is 11.9 Å².